The van der Waals surface area contributed by atoms with Crippen LogP contribution in [-0.2, 0) is 14.6 Å². The van der Waals surface area contributed by atoms with Crippen LogP contribution in [-0.4, -0.2) is 49.6 Å². The minimum atomic E-state index is -3.16. The lowest BCUT2D eigenvalue weighted by atomic mass is 10.0. The van der Waals surface area contributed by atoms with E-state index < -0.39 is 33.8 Å². The summed E-state index contributed by atoms with van der Waals surface area (Å²) < 4.78 is 22.1. The van der Waals surface area contributed by atoms with Crippen LogP contribution in [0, 0.1) is 5.92 Å². The van der Waals surface area contributed by atoms with E-state index in [-0.39, 0.29) is 11.8 Å². The molecule has 0 aromatic heterocycles. The molecule has 110 valence electrons. The summed E-state index contributed by atoms with van der Waals surface area (Å²) in [4.78, 5) is 22.6. The molecule has 0 radical (unpaired) electrons. The molecule has 0 aromatic carbocycles. The molecule has 0 spiro atoms. The zero-order valence-electron chi connectivity index (χ0n) is 11.0. The summed E-state index contributed by atoms with van der Waals surface area (Å²) >= 11 is 0. The largest absolute Gasteiger partial charge is 0.481 e. The Morgan fingerprint density at radius 2 is 2.00 bits per heavy atom. The van der Waals surface area contributed by atoms with Crippen LogP contribution >= 0.6 is 0 Å². The maximum absolute atomic E-state index is 11.7. The van der Waals surface area contributed by atoms with Gasteiger partial charge in [0.15, 0.2) is 0 Å². The third-order valence-electron chi connectivity index (χ3n) is 3.08. The average molecular weight is 292 g/mol. The Morgan fingerprint density at radius 3 is 2.53 bits per heavy atom. The smallest absolute Gasteiger partial charge is 0.315 e. The summed E-state index contributed by atoms with van der Waals surface area (Å²) in [5, 5.41) is 14.1. The molecule has 1 rings (SSSR count). The van der Waals surface area contributed by atoms with Gasteiger partial charge in [0, 0.05) is 18.3 Å². The Hall–Kier alpha value is -1.31. The fourth-order valence-corrected chi connectivity index (χ4v) is 3.35. The monoisotopic (exact) mass is 292 g/mol. The van der Waals surface area contributed by atoms with Gasteiger partial charge < -0.3 is 15.7 Å². The van der Waals surface area contributed by atoms with Gasteiger partial charge >= 0.3 is 12.0 Å². The van der Waals surface area contributed by atoms with Gasteiger partial charge in [-0.3, -0.25) is 4.79 Å². The number of carboxylic acids is 1. The third kappa shape index (κ3) is 5.46. The number of hydrogen-bond acceptors (Lipinski definition) is 4. The number of carboxylic acid groups (broad SMARTS) is 1. The summed E-state index contributed by atoms with van der Waals surface area (Å²) in [6.07, 6.45) is 3.05. The van der Waals surface area contributed by atoms with Crippen LogP contribution in [0.3, 0.4) is 0 Å². The molecule has 0 saturated heterocycles. The summed E-state index contributed by atoms with van der Waals surface area (Å²) in [7, 11) is -3.16. The van der Waals surface area contributed by atoms with Gasteiger partial charge in [-0.1, -0.05) is 6.42 Å². The molecule has 3 atom stereocenters. The van der Waals surface area contributed by atoms with Crippen molar-refractivity contribution in [1.29, 1.82) is 0 Å². The van der Waals surface area contributed by atoms with E-state index in [1.807, 2.05) is 0 Å². The van der Waals surface area contributed by atoms with Crippen molar-refractivity contribution >= 4 is 21.8 Å². The minimum Gasteiger partial charge on any atom is -0.481 e. The Morgan fingerprint density at radius 1 is 1.37 bits per heavy atom. The molecule has 0 bridgehead atoms. The van der Waals surface area contributed by atoms with Crippen LogP contribution in [0.5, 0.6) is 0 Å². The first-order chi connectivity index (χ1) is 8.69. The van der Waals surface area contributed by atoms with E-state index in [2.05, 4.69) is 10.6 Å². The van der Waals surface area contributed by atoms with Crippen molar-refractivity contribution in [2.75, 3.05) is 12.0 Å². The quantitative estimate of drug-likeness (QED) is 0.659. The van der Waals surface area contributed by atoms with Crippen molar-refractivity contribution in [3.05, 3.63) is 0 Å². The number of sulfone groups is 1. The maximum atomic E-state index is 11.7. The molecule has 0 aliphatic heterocycles. The van der Waals surface area contributed by atoms with E-state index in [9.17, 15) is 18.0 Å². The lowest BCUT2D eigenvalue weighted by Gasteiger charge is -2.20. The van der Waals surface area contributed by atoms with Crippen LogP contribution in [0.15, 0.2) is 0 Å². The van der Waals surface area contributed by atoms with Crippen molar-refractivity contribution < 1.29 is 23.1 Å². The molecule has 3 unspecified atom stereocenters. The zero-order valence-corrected chi connectivity index (χ0v) is 11.9. The van der Waals surface area contributed by atoms with Crippen LogP contribution in [0.4, 0.5) is 4.79 Å². The predicted molar refractivity (Wildman–Crippen MR) is 69.6 cm³/mol. The highest BCUT2D eigenvalue weighted by Crippen LogP contribution is 2.25. The molecule has 19 heavy (non-hydrogen) atoms. The molecule has 2 amide bonds. The number of rotatable bonds is 5. The fourth-order valence-electron chi connectivity index (χ4n) is 2.36. The van der Waals surface area contributed by atoms with Gasteiger partial charge in [-0.05, 0) is 19.8 Å². The van der Waals surface area contributed by atoms with Crippen molar-refractivity contribution in [3.63, 3.8) is 0 Å². The topological polar surface area (TPSA) is 113 Å². The van der Waals surface area contributed by atoms with Crippen molar-refractivity contribution in [1.82, 2.24) is 10.6 Å². The van der Waals surface area contributed by atoms with E-state index in [1.165, 1.54) is 0 Å². The molecule has 0 heterocycles. The number of hydrogen-bond donors (Lipinski definition) is 3. The van der Waals surface area contributed by atoms with Gasteiger partial charge in [-0.15, -0.1) is 0 Å². The van der Waals surface area contributed by atoms with Crippen molar-refractivity contribution in [2.45, 2.75) is 38.3 Å². The second kappa shape index (κ2) is 6.23. The first kappa shape index (κ1) is 15.7. The summed E-state index contributed by atoms with van der Waals surface area (Å²) in [6, 6.07) is -1.42. The van der Waals surface area contributed by atoms with Gasteiger partial charge in [-0.2, -0.15) is 0 Å². The number of carbonyl (C=O) groups is 2. The van der Waals surface area contributed by atoms with Gasteiger partial charge in [0.2, 0.25) is 0 Å². The third-order valence-corrected chi connectivity index (χ3v) is 4.19. The van der Waals surface area contributed by atoms with Gasteiger partial charge in [0.1, 0.15) is 9.84 Å². The molecular weight excluding hydrogens is 272 g/mol. The number of carbonyl (C=O) groups excluding carboxylic acids is 1. The molecule has 3 N–H and O–H groups in total. The van der Waals surface area contributed by atoms with E-state index in [4.69, 9.17) is 5.11 Å². The van der Waals surface area contributed by atoms with Gasteiger partial charge in [-0.25, -0.2) is 13.2 Å². The highest BCUT2D eigenvalue weighted by atomic mass is 32.2. The number of nitrogens with one attached hydrogen (secondary N) is 2. The molecule has 7 nitrogen and oxygen atoms in total. The first-order valence-electron chi connectivity index (χ1n) is 6.16. The fraction of sp³-hybridized carbons (Fsp3) is 0.818. The standard InChI is InChI=1S/C11H20N2O5S/c1-7(6-19(2,17)18)12-11(16)13-9-5-3-4-8(9)10(14)15/h7-9H,3-6H2,1-2H3,(H,14,15)(H2,12,13,16). The first-order valence-corrected chi connectivity index (χ1v) is 8.22. The normalized spacial score (nSPS) is 24.7. The predicted octanol–water partition coefficient (Wildman–Crippen LogP) is -0.0280. The second-order valence-electron chi connectivity index (χ2n) is 5.09. The average Bonchev–Trinajstić information content (AvgIpc) is 2.61. The van der Waals surface area contributed by atoms with Crippen LogP contribution in [0.25, 0.3) is 0 Å². The van der Waals surface area contributed by atoms with E-state index in [1.54, 1.807) is 6.92 Å². The maximum Gasteiger partial charge on any atom is 0.315 e. The Bertz CT molecular complexity index is 448. The summed E-state index contributed by atoms with van der Waals surface area (Å²) in [6.45, 7) is 1.59. The Labute approximate surface area is 112 Å². The van der Waals surface area contributed by atoms with Crippen molar-refractivity contribution in [3.8, 4) is 0 Å². The van der Waals surface area contributed by atoms with Crippen molar-refractivity contribution in [2.24, 2.45) is 5.92 Å². The lowest BCUT2D eigenvalue weighted by molar-refractivity contribution is -0.142. The van der Waals surface area contributed by atoms with E-state index in [0.29, 0.717) is 12.8 Å². The van der Waals surface area contributed by atoms with Crippen LogP contribution in [0.1, 0.15) is 26.2 Å². The zero-order chi connectivity index (χ0) is 14.6. The van der Waals surface area contributed by atoms with Crippen LogP contribution < -0.4 is 10.6 Å². The lowest BCUT2D eigenvalue weighted by Crippen LogP contribution is -2.49. The van der Waals surface area contributed by atoms with Gasteiger partial charge in [0.05, 0.1) is 11.7 Å². The highest BCUT2D eigenvalue weighted by molar-refractivity contribution is 7.90. The second-order valence-corrected chi connectivity index (χ2v) is 7.28. The molecule has 1 aliphatic rings. The number of urea groups is 1. The Kier molecular flexibility index (Phi) is 5.16. The number of amides is 2. The van der Waals surface area contributed by atoms with Gasteiger partial charge in [0.25, 0.3) is 0 Å². The molecule has 0 aromatic rings. The molecule has 8 heteroatoms. The highest BCUT2D eigenvalue weighted by Gasteiger charge is 2.34. The van der Waals surface area contributed by atoms with Crippen LogP contribution in [0.2, 0.25) is 0 Å². The SMILES string of the molecule is CC(CS(C)(=O)=O)NC(=O)NC1CCCC1C(=O)O. The summed E-state index contributed by atoms with van der Waals surface area (Å²) in [5.74, 6) is -1.61. The molecular formula is C11H20N2O5S. The van der Waals surface area contributed by atoms with E-state index in [0.717, 1.165) is 12.7 Å². The molecule has 1 saturated carbocycles. The number of aliphatic carboxylic acids is 1. The molecule has 1 fully saturated rings. The minimum absolute atomic E-state index is 0.145. The summed E-state index contributed by atoms with van der Waals surface area (Å²) in [5.41, 5.74) is 0. The molecule has 1 aliphatic carbocycles. The Balaban J connectivity index is 2.45. The van der Waals surface area contributed by atoms with E-state index >= 15 is 0 Å².